The molecule has 0 amide bonds. The number of nitrogens with one attached hydrogen (secondary N) is 2. The third kappa shape index (κ3) is 1.46. The lowest BCUT2D eigenvalue weighted by molar-refractivity contribution is 0.403. The average Bonchev–Trinajstić information content (AvgIpc) is 2.73. The van der Waals surface area contributed by atoms with Gasteiger partial charge in [0.15, 0.2) is 0 Å². The fourth-order valence-corrected chi connectivity index (χ4v) is 2.22. The Morgan fingerprint density at radius 2 is 2.54 bits per heavy atom. The lowest BCUT2D eigenvalue weighted by Gasteiger charge is -2.24. The van der Waals surface area contributed by atoms with Gasteiger partial charge in [-0.05, 0) is 19.4 Å². The van der Waals surface area contributed by atoms with E-state index in [2.05, 4.69) is 27.4 Å². The first-order chi connectivity index (χ1) is 6.37. The van der Waals surface area contributed by atoms with Crippen LogP contribution < -0.4 is 5.32 Å². The molecule has 0 radical (unpaired) electrons. The Labute approximate surface area is 78.1 Å². The van der Waals surface area contributed by atoms with Crippen molar-refractivity contribution in [1.29, 1.82) is 0 Å². The number of rotatable bonds is 3. The van der Waals surface area contributed by atoms with Crippen molar-refractivity contribution in [3.05, 3.63) is 12.2 Å². The van der Waals surface area contributed by atoms with E-state index in [-0.39, 0.29) is 5.41 Å². The normalized spacial score (nSPS) is 28.1. The molecule has 4 heteroatoms. The second-order valence-electron chi connectivity index (χ2n) is 3.79. The molecule has 1 aliphatic heterocycles. The zero-order valence-corrected chi connectivity index (χ0v) is 8.01. The Hall–Kier alpha value is -0.900. The maximum atomic E-state index is 4.28. The Morgan fingerprint density at radius 1 is 1.62 bits per heavy atom. The van der Waals surface area contributed by atoms with Crippen LogP contribution in [-0.2, 0) is 5.41 Å². The van der Waals surface area contributed by atoms with Gasteiger partial charge in [-0.1, -0.05) is 13.3 Å². The number of H-pyrrole nitrogens is 1. The topological polar surface area (TPSA) is 53.6 Å². The van der Waals surface area contributed by atoms with E-state index in [0.29, 0.717) is 0 Å². The third-order valence-corrected chi connectivity index (χ3v) is 2.89. The van der Waals surface area contributed by atoms with Gasteiger partial charge in [-0.3, -0.25) is 5.10 Å². The summed E-state index contributed by atoms with van der Waals surface area (Å²) in [5, 5.41) is 10.3. The summed E-state index contributed by atoms with van der Waals surface area (Å²) < 4.78 is 0. The minimum absolute atomic E-state index is 0.227. The molecule has 1 aliphatic rings. The number of aromatic nitrogens is 3. The quantitative estimate of drug-likeness (QED) is 0.724. The SMILES string of the molecule is CCCC1(c2ncn[nH]2)CCNC1. The zero-order chi connectivity index (χ0) is 9.15. The van der Waals surface area contributed by atoms with E-state index in [1.165, 1.54) is 19.3 Å². The molecule has 1 aromatic rings. The van der Waals surface area contributed by atoms with Crippen LogP contribution in [0.5, 0.6) is 0 Å². The maximum absolute atomic E-state index is 4.28. The van der Waals surface area contributed by atoms with Crippen LogP contribution in [0.15, 0.2) is 6.33 Å². The first-order valence-corrected chi connectivity index (χ1v) is 4.94. The van der Waals surface area contributed by atoms with E-state index in [1.807, 2.05) is 0 Å². The Morgan fingerprint density at radius 3 is 3.08 bits per heavy atom. The first kappa shape index (κ1) is 8.69. The molecule has 72 valence electrons. The number of hydrogen-bond acceptors (Lipinski definition) is 3. The van der Waals surface area contributed by atoms with Gasteiger partial charge in [-0.15, -0.1) is 0 Å². The van der Waals surface area contributed by atoms with Crippen molar-refractivity contribution in [1.82, 2.24) is 20.5 Å². The molecule has 0 spiro atoms. The molecule has 1 atom stereocenters. The fraction of sp³-hybridized carbons (Fsp3) is 0.778. The molecule has 1 aromatic heterocycles. The van der Waals surface area contributed by atoms with Crippen molar-refractivity contribution < 1.29 is 0 Å². The van der Waals surface area contributed by atoms with Gasteiger partial charge in [-0.2, -0.15) is 5.10 Å². The highest BCUT2D eigenvalue weighted by Crippen LogP contribution is 2.32. The van der Waals surface area contributed by atoms with Crippen LogP contribution in [0, 0.1) is 0 Å². The van der Waals surface area contributed by atoms with Crippen molar-refractivity contribution in [2.75, 3.05) is 13.1 Å². The lowest BCUT2D eigenvalue weighted by Crippen LogP contribution is -2.30. The first-order valence-electron chi connectivity index (χ1n) is 4.94. The van der Waals surface area contributed by atoms with Crippen molar-refractivity contribution in [2.24, 2.45) is 0 Å². The van der Waals surface area contributed by atoms with Gasteiger partial charge in [0.05, 0.1) is 0 Å². The average molecular weight is 180 g/mol. The molecule has 2 heterocycles. The second-order valence-corrected chi connectivity index (χ2v) is 3.79. The van der Waals surface area contributed by atoms with Crippen LogP contribution in [0.1, 0.15) is 32.0 Å². The molecule has 0 bridgehead atoms. The summed E-state index contributed by atoms with van der Waals surface area (Å²) in [6, 6.07) is 0. The summed E-state index contributed by atoms with van der Waals surface area (Å²) in [7, 11) is 0. The summed E-state index contributed by atoms with van der Waals surface area (Å²) in [6.07, 6.45) is 5.17. The minimum Gasteiger partial charge on any atom is -0.316 e. The Bertz CT molecular complexity index is 249. The van der Waals surface area contributed by atoms with Gasteiger partial charge in [0.1, 0.15) is 12.2 Å². The van der Waals surface area contributed by atoms with Crippen molar-refractivity contribution in [3.8, 4) is 0 Å². The summed E-state index contributed by atoms with van der Waals surface area (Å²) in [5.41, 5.74) is 0.227. The molecule has 4 nitrogen and oxygen atoms in total. The van der Waals surface area contributed by atoms with Crippen LogP contribution in [-0.4, -0.2) is 28.3 Å². The molecule has 0 aliphatic carbocycles. The number of aromatic amines is 1. The highest BCUT2D eigenvalue weighted by molar-refractivity contribution is 5.10. The molecular formula is C9H16N4. The highest BCUT2D eigenvalue weighted by Gasteiger charge is 2.37. The Balaban J connectivity index is 2.22. The predicted octanol–water partition coefficient (Wildman–Crippen LogP) is 0.836. The molecule has 13 heavy (non-hydrogen) atoms. The standard InChI is InChI=1S/C9H16N4/c1-2-3-9(4-5-10-6-9)8-11-7-12-13-8/h7,10H,2-6H2,1H3,(H,11,12,13). The summed E-state index contributed by atoms with van der Waals surface area (Å²) >= 11 is 0. The van der Waals surface area contributed by atoms with Crippen molar-refractivity contribution in [2.45, 2.75) is 31.6 Å². The van der Waals surface area contributed by atoms with Crippen molar-refractivity contribution >= 4 is 0 Å². The smallest absolute Gasteiger partial charge is 0.137 e. The summed E-state index contributed by atoms with van der Waals surface area (Å²) in [5.74, 6) is 1.05. The van der Waals surface area contributed by atoms with Gasteiger partial charge < -0.3 is 5.32 Å². The monoisotopic (exact) mass is 180 g/mol. The largest absolute Gasteiger partial charge is 0.316 e. The van der Waals surface area contributed by atoms with Crippen LogP contribution in [0.3, 0.4) is 0 Å². The fourth-order valence-electron chi connectivity index (χ4n) is 2.22. The summed E-state index contributed by atoms with van der Waals surface area (Å²) in [6.45, 7) is 4.35. The minimum atomic E-state index is 0.227. The lowest BCUT2D eigenvalue weighted by atomic mass is 9.82. The Kier molecular flexibility index (Phi) is 2.31. The second kappa shape index (κ2) is 3.46. The van der Waals surface area contributed by atoms with Gasteiger partial charge in [0, 0.05) is 12.0 Å². The number of nitrogens with zero attached hydrogens (tertiary/aromatic N) is 2. The molecule has 0 aromatic carbocycles. The van der Waals surface area contributed by atoms with E-state index in [1.54, 1.807) is 6.33 Å². The van der Waals surface area contributed by atoms with E-state index >= 15 is 0 Å². The van der Waals surface area contributed by atoms with Gasteiger partial charge in [0.25, 0.3) is 0 Å². The van der Waals surface area contributed by atoms with Crippen LogP contribution in [0.2, 0.25) is 0 Å². The van der Waals surface area contributed by atoms with E-state index < -0.39 is 0 Å². The van der Waals surface area contributed by atoms with E-state index in [0.717, 1.165) is 18.9 Å². The van der Waals surface area contributed by atoms with Gasteiger partial charge in [0.2, 0.25) is 0 Å². The van der Waals surface area contributed by atoms with Gasteiger partial charge in [-0.25, -0.2) is 4.98 Å². The molecule has 1 unspecified atom stereocenters. The highest BCUT2D eigenvalue weighted by atomic mass is 15.2. The summed E-state index contributed by atoms with van der Waals surface area (Å²) in [4.78, 5) is 4.28. The van der Waals surface area contributed by atoms with E-state index in [4.69, 9.17) is 0 Å². The molecule has 2 rings (SSSR count). The predicted molar refractivity (Wildman–Crippen MR) is 50.5 cm³/mol. The molecule has 0 saturated carbocycles. The van der Waals surface area contributed by atoms with Crippen LogP contribution in [0.25, 0.3) is 0 Å². The van der Waals surface area contributed by atoms with Crippen LogP contribution in [0.4, 0.5) is 0 Å². The molecule has 2 N–H and O–H groups in total. The van der Waals surface area contributed by atoms with Gasteiger partial charge >= 0.3 is 0 Å². The molecular weight excluding hydrogens is 164 g/mol. The number of hydrogen-bond donors (Lipinski definition) is 2. The zero-order valence-electron chi connectivity index (χ0n) is 8.01. The van der Waals surface area contributed by atoms with E-state index in [9.17, 15) is 0 Å². The van der Waals surface area contributed by atoms with Crippen molar-refractivity contribution in [3.63, 3.8) is 0 Å². The third-order valence-electron chi connectivity index (χ3n) is 2.89. The molecule has 1 saturated heterocycles. The van der Waals surface area contributed by atoms with Crippen LogP contribution >= 0.6 is 0 Å². The maximum Gasteiger partial charge on any atom is 0.137 e. The molecule has 1 fully saturated rings.